The summed E-state index contributed by atoms with van der Waals surface area (Å²) in [5.74, 6) is -2.98. The van der Waals surface area contributed by atoms with Gasteiger partial charge in [-0.25, -0.2) is 4.79 Å². The second-order valence-corrected chi connectivity index (χ2v) is 4.36. The van der Waals surface area contributed by atoms with E-state index in [2.05, 4.69) is 0 Å². The van der Waals surface area contributed by atoms with Gasteiger partial charge in [0.1, 0.15) is 11.3 Å². The number of carbonyl (C=O) groups is 1. The first-order valence-corrected chi connectivity index (χ1v) is 6.40. The van der Waals surface area contributed by atoms with Crippen LogP contribution in [0.1, 0.15) is 29.3 Å². The Morgan fingerprint density at radius 2 is 1.52 bits per heavy atom. The van der Waals surface area contributed by atoms with E-state index in [1.54, 1.807) is 43.3 Å². The summed E-state index contributed by atoms with van der Waals surface area (Å²) >= 11 is 0. The van der Waals surface area contributed by atoms with Gasteiger partial charge in [-0.3, -0.25) is 0 Å². The summed E-state index contributed by atoms with van der Waals surface area (Å²) in [7, 11) is 0. The number of rotatable bonds is 3. The summed E-state index contributed by atoms with van der Waals surface area (Å²) < 4.78 is 0. The van der Waals surface area contributed by atoms with Crippen LogP contribution >= 0.6 is 0 Å². The lowest BCUT2D eigenvalue weighted by molar-refractivity contribution is -0.171. The van der Waals surface area contributed by atoms with Crippen LogP contribution in [0.15, 0.2) is 54.6 Å². The summed E-state index contributed by atoms with van der Waals surface area (Å²) in [4.78, 5) is 10.3. The molecule has 0 bridgehead atoms. The molecule has 5 nitrogen and oxygen atoms in total. The SMILES string of the molecule is CCC(O)(O)c1ccccc1.O=C(O)c1ccccc1O. The van der Waals surface area contributed by atoms with Crippen LogP contribution in [0.25, 0.3) is 0 Å². The van der Waals surface area contributed by atoms with Crippen LogP contribution in [0.4, 0.5) is 0 Å². The predicted octanol–water partition coefficient (Wildman–Crippen LogP) is 2.32. The lowest BCUT2D eigenvalue weighted by Crippen LogP contribution is -2.23. The van der Waals surface area contributed by atoms with Crippen molar-refractivity contribution in [3.63, 3.8) is 0 Å². The van der Waals surface area contributed by atoms with Gasteiger partial charge in [0, 0.05) is 12.0 Å². The molecule has 0 aromatic heterocycles. The Balaban J connectivity index is 0.000000211. The Kier molecular flexibility index (Phi) is 5.90. The summed E-state index contributed by atoms with van der Waals surface area (Å²) in [5.41, 5.74) is 0.477. The highest BCUT2D eigenvalue weighted by Gasteiger charge is 2.21. The van der Waals surface area contributed by atoms with Crippen LogP contribution in [0.3, 0.4) is 0 Å². The van der Waals surface area contributed by atoms with Crippen LogP contribution in [-0.2, 0) is 5.79 Å². The lowest BCUT2D eigenvalue weighted by Gasteiger charge is -2.19. The van der Waals surface area contributed by atoms with Crippen LogP contribution in [0.2, 0.25) is 0 Å². The van der Waals surface area contributed by atoms with Gasteiger partial charge in [-0.1, -0.05) is 49.4 Å². The number of hydrogen-bond donors (Lipinski definition) is 4. The maximum absolute atomic E-state index is 10.3. The summed E-state index contributed by atoms with van der Waals surface area (Å²) in [5, 5.41) is 36.0. The molecule has 112 valence electrons. The lowest BCUT2D eigenvalue weighted by atomic mass is 10.0. The summed E-state index contributed by atoms with van der Waals surface area (Å²) in [6.07, 6.45) is 0.303. The molecule has 0 aliphatic carbocycles. The molecule has 0 aliphatic rings. The monoisotopic (exact) mass is 290 g/mol. The maximum Gasteiger partial charge on any atom is 0.339 e. The van der Waals surface area contributed by atoms with Crippen molar-refractivity contribution in [3.8, 4) is 5.75 Å². The van der Waals surface area contributed by atoms with Crippen molar-refractivity contribution in [2.75, 3.05) is 0 Å². The Hall–Kier alpha value is -2.37. The normalized spacial score (nSPS) is 10.4. The minimum atomic E-state index is -1.67. The molecule has 0 radical (unpaired) electrons. The molecule has 0 atom stereocenters. The van der Waals surface area contributed by atoms with Crippen molar-refractivity contribution in [1.29, 1.82) is 0 Å². The van der Waals surface area contributed by atoms with Gasteiger partial charge >= 0.3 is 5.97 Å². The molecule has 0 amide bonds. The number of para-hydroxylation sites is 1. The average molecular weight is 290 g/mol. The van der Waals surface area contributed by atoms with E-state index in [-0.39, 0.29) is 11.3 Å². The second-order valence-electron chi connectivity index (χ2n) is 4.36. The van der Waals surface area contributed by atoms with Crippen LogP contribution in [-0.4, -0.2) is 26.4 Å². The third kappa shape index (κ3) is 4.91. The van der Waals surface area contributed by atoms with Gasteiger partial charge in [-0.05, 0) is 12.1 Å². The van der Waals surface area contributed by atoms with E-state index in [1.165, 1.54) is 12.1 Å². The zero-order chi connectivity index (χ0) is 15.9. The van der Waals surface area contributed by atoms with E-state index in [4.69, 9.17) is 10.2 Å². The zero-order valence-electron chi connectivity index (χ0n) is 11.6. The Labute approximate surface area is 122 Å². The van der Waals surface area contributed by atoms with E-state index in [9.17, 15) is 15.0 Å². The largest absolute Gasteiger partial charge is 0.507 e. The van der Waals surface area contributed by atoms with Crippen molar-refractivity contribution in [3.05, 3.63) is 65.7 Å². The molecule has 0 heterocycles. The molecular weight excluding hydrogens is 272 g/mol. The van der Waals surface area contributed by atoms with Crippen molar-refractivity contribution in [2.24, 2.45) is 0 Å². The van der Waals surface area contributed by atoms with Crippen LogP contribution in [0, 0.1) is 0 Å². The van der Waals surface area contributed by atoms with Gasteiger partial charge < -0.3 is 20.4 Å². The van der Waals surface area contributed by atoms with Gasteiger partial charge in [0.15, 0.2) is 5.79 Å². The fourth-order valence-electron chi connectivity index (χ4n) is 1.56. The molecule has 0 fully saturated rings. The van der Waals surface area contributed by atoms with Crippen LogP contribution in [0.5, 0.6) is 5.75 Å². The molecule has 2 aromatic rings. The summed E-state index contributed by atoms with van der Waals surface area (Å²) in [6, 6.07) is 14.6. The van der Waals surface area contributed by atoms with E-state index >= 15 is 0 Å². The molecule has 0 spiro atoms. The highest BCUT2D eigenvalue weighted by atomic mass is 16.5. The molecule has 21 heavy (non-hydrogen) atoms. The van der Waals surface area contributed by atoms with E-state index in [0.717, 1.165) is 0 Å². The Morgan fingerprint density at radius 3 is 1.95 bits per heavy atom. The van der Waals surface area contributed by atoms with E-state index in [0.29, 0.717) is 12.0 Å². The van der Waals surface area contributed by atoms with Gasteiger partial charge in [0.2, 0.25) is 0 Å². The van der Waals surface area contributed by atoms with Gasteiger partial charge in [0.25, 0.3) is 0 Å². The number of aliphatic hydroxyl groups is 2. The molecule has 0 saturated heterocycles. The van der Waals surface area contributed by atoms with E-state index < -0.39 is 11.8 Å². The molecule has 5 heteroatoms. The topological polar surface area (TPSA) is 98.0 Å². The third-order valence-electron chi connectivity index (χ3n) is 2.86. The van der Waals surface area contributed by atoms with Crippen molar-refractivity contribution >= 4 is 5.97 Å². The molecule has 4 N–H and O–H groups in total. The predicted molar refractivity (Wildman–Crippen MR) is 77.9 cm³/mol. The highest BCUT2D eigenvalue weighted by Crippen LogP contribution is 2.20. The number of aromatic carboxylic acids is 1. The van der Waals surface area contributed by atoms with Crippen molar-refractivity contribution in [1.82, 2.24) is 0 Å². The zero-order valence-corrected chi connectivity index (χ0v) is 11.6. The van der Waals surface area contributed by atoms with Gasteiger partial charge in [-0.2, -0.15) is 0 Å². The second kappa shape index (κ2) is 7.42. The first-order valence-electron chi connectivity index (χ1n) is 6.40. The van der Waals surface area contributed by atoms with Crippen molar-refractivity contribution in [2.45, 2.75) is 19.1 Å². The van der Waals surface area contributed by atoms with Crippen molar-refractivity contribution < 1.29 is 25.2 Å². The summed E-state index contributed by atoms with van der Waals surface area (Å²) in [6.45, 7) is 1.73. The number of aromatic hydroxyl groups is 1. The Morgan fingerprint density at radius 1 is 1.00 bits per heavy atom. The fourth-order valence-corrected chi connectivity index (χ4v) is 1.56. The third-order valence-corrected chi connectivity index (χ3v) is 2.86. The molecule has 0 saturated carbocycles. The number of hydrogen-bond acceptors (Lipinski definition) is 4. The quantitative estimate of drug-likeness (QED) is 0.650. The Bertz CT molecular complexity index is 578. The molecule has 2 rings (SSSR count). The first-order chi connectivity index (χ1) is 9.88. The smallest absolute Gasteiger partial charge is 0.339 e. The first kappa shape index (κ1) is 16.7. The maximum atomic E-state index is 10.3. The van der Waals surface area contributed by atoms with Crippen LogP contribution < -0.4 is 0 Å². The highest BCUT2D eigenvalue weighted by molar-refractivity contribution is 5.90. The van der Waals surface area contributed by atoms with Gasteiger partial charge in [0.05, 0.1) is 0 Å². The fraction of sp³-hybridized carbons (Fsp3) is 0.188. The standard InChI is InChI=1S/C9H12O2.C7H6O3/c1-2-9(10,11)8-6-4-3-5-7-8;8-6-4-2-1-3-5(6)7(9)10/h3-7,10-11H,2H2,1H3;1-4,8H,(H,9,10). The number of carboxylic acid groups (broad SMARTS) is 1. The number of carboxylic acids is 1. The minimum absolute atomic E-state index is 0.0671. The number of benzene rings is 2. The van der Waals surface area contributed by atoms with Gasteiger partial charge in [-0.15, -0.1) is 0 Å². The molecular formula is C16H18O5. The van der Waals surface area contributed by atoms with E-state index in [1.807, 2.05) is 6.07 Å². The number of phenols is 1. The molecule has 0 unspecified atom stereocenters. The minimum Gasteiger partial charge on any atom is -0.507 e. The average Bonchev–Trinajstić information content (AvgIpc) is 2.49. The molecule has 2 aromatic carbocycles. The molecule has 0 aliphatic heterocycles.